The fourth-order valence-corrected chi connectivity index (χ4v) is 7.24. The van der Waals surface area contributed by atoms with Gasteiger partial charge in [-0.25, -0.2) is 0 Å². The molecule has 2 saturated heterocycles. The second kappa shape index (κ2) is 16.4. The summed E-state index contributed by atoms with van der Waals surface area (Å²) in [5, 5.41) is 12.3. The number of carbonyl (C=O) groups excluding carboxylic acids is 3. The molecule has 3 amide bonds. The van der Waals surface area contributed by atoms with Gasteiger partial charge in [0.2, 0.25) is 0 Å². The maximum absolute atomic E-state index is 13.0. The number of halogens is 2. The number of ether oxygens (including phenoxy) is 1. The van der Waals surface area contributed by atoms with Crippen molar-refractivity contribution >= 4 is 40.9 Å². The zero-order valence-corrected chi connectivity index (χ0v) is 29.8. The van der Waals surface area contributed by atoms with Crippen molar-refractivity contribution in [2.45, 2.75) is 51.7 Å². The molecule has 11 nitrogen and oxygen atoms in total. The fraction of sp³-hybridized carbons (Fsp3) is 0.459. The molecule has 6 rings (SSSR count). The number of nitrogens with zero attached hydrogens (tertiary/aromatic N) is 4. The van der Waals surface area contributed by atoms with Gasteiger partial charge in [-0.1, -0.05) is 41.1 Å². The van der Waals surface area contributed by atoms with E-state index >= 15 is 0 Å². The third-order valence-corrected chi connectivity index (χ3v) is 10.4. The molecule has 4 N–H and O–H groups in total. The zero-order valence-electron chi connectivity index (χ0n) is 28.3. The number of primary amides is 1. The van der Waals surface area contributed by atoms with Crippen LogP contribution >= 0.6 is 23.2 Å². The van der Waals surface area contributed by atoms with Crippen molar-refractivity contribution in [3.8, 4) is 23.1 Å². The van der Waals surface area contributed by atoms with E-state index in [0.717, 1.165) is 75.5 Å². The van der Waals surface area contributed by atoms with E-state index in [1.54, 1.807) is 24.3 Å². The average Bonchev–Trinajstić information content (AvgIpc) is 3.49. The normalized spacial score (nSPS) is 19.3. The van der Waals surface area contributed by atoms with Gasteiger partial charge in [-0.2, -0.15) is 5.10 Å². The Morgan fingerprint density at radius 3 is 2.72 bits per heavy atom. The third kappa shape index (κ3) is 8.50. The minimum Gasteiger partial charge on any atom is -0.379 e. The first-order chi connectivity index (χ1) is 24.2. The highest BCUT2D eigenvalue weighted by atomic mass is 35.5. The monoisotopic (exact) mass is 719 g/mol. The van der Waals surface area contributed by atoms with Crippen LogP contribution in [-0.2, 0) is 33.8 Å². The number of aromatic nitrogens is 2. The Balaban J connectivity index is 1.24. The highest BCUT2D eigenvalue weighted by Crippen LogP contribution is 2.32. The van der Waals surface area contributed by atoms with Gasteiger partial charge in [0.05, 0.1) is 41.1 Å². The van der Waals surface area contributed by atoms with E-state index in [4.69, 9.17) is 38.8 Å². The molecule has 0 saturated carbocycles. The molecule has 50 heavy (non-hydrogen) atoms. The Kier molecular flexibility index (Phi) is 11.8. The van der Waals surface area contributed by atoms with Crippen LogP contribution < -0.4 is 16.4 Å². The maximum atomic E-state index is 13.0. The molecule has 0 spiro atoms. The van der Waals surface area contributed by atoms with Crippen LogP contribution in [0.2, 0.25) is 10.0 Å². The van der Waals surface area contributed by atoms with Gasteiger partial charge in [0.25, 0.3) is 5.91 Å². The molecule has 1 aromatic heterocycles. The first-order valence-corrected chi connectivity index (χ1v) is 18.0. The van der Waals surface area contributed by atoms with Crippen LogP contribution in [0.1, 0.15) is 58.9 Å². The van der Waals surface area contributed by atoms with Gasteiger partial charge in [-0.15, -0.1) is 0 Å². The van der Waals surface area contributed by atoms with E-state index < -0.39 is 11.8 Å². The summed E-state index contributed by atoms with van der Waals surface area (Å²) >= 11 is 13.1. The molecule has 2 atom stereocenters. The second-order valence-corrected chi connectivity index (χ2v) is 14.0. The van der Waals surface area contributed by atoms with Crippen molar-refractivity contribution < 1.29 is 19.1 Å². The number of rotatable bonds is 8. The summed E-state index contributed by atoms with van der Waals surface area (Å²) in [7, 11) is 0. The van der Waals surface area contributed by atoms with Gasteiger partial charge in [0.15, 0.2) is 0 Å². The summed E-state index contributed by atoms with van der Waals surface area (Å²) in [5.74, 6) is 4.80. The molecule has 0 aliphatic carbocycles. The van der Waals surface area contributed by atoms with Crippen molar-refractivity contribution in [2.24, 2.45) is 11.7 Å². The topological polar surface area (TPSA) is 135 Å². The minimum atomic E-state index is -0.976. The average molecular weight is 721 g/mol. The number of carbonyl (C=O) groups is 3. The second-order valence-electron chi connectivity index (χ2n) is 13.2. The van der Waals surface area contributed by atoms with Crippen LogP contribution in [0, 0.1) is 17.8 Å². The summed E-state index contributed by atoms with van der Waals surface area (Å²) in [6.07, 6.45) is 3.63. The molecule has 3 aliphatic heterocycles. The highest BCUT2D eigenvalue weighted by molar-refractivity contribution is 6.34. The third-order valence-electron chi connectivity index (χ3n) is 9.69. The quantitative estimate of drug-likeness (QED) is 0.240. The molecule has 2 aromatic carbocycles. The molecule has 3 aromatic rings. The van der Waals surface area contributed by atoms with Gasteiger partial charge in [0, 0.05) is 73.1 Å². The molecule has 3 aliphatic rings. The standard InChI is InChI=1S/C37H43Cl2N7O4/c1-24-23-50-17-16-44(24)13-3-14-46-33-11-15-45(37(49)35(40)47)22-30(33)34(43-46)28-8-10-31(38)27(19-28)7-5-25-6-9-32(39)29(18-25)36(48)42-21-26-4-2-12-41-20-26/h6,8-10,18-19,24,26,41H,2-4,11-17,20-23H2,1H3,(H2,40,47)(H,42,48)/t24-,26?/m0/s1. The van der Waals surface area contributed by atoms with Gasteiger partial charge in [-0.05, 0) is 75.5 Å². The van der Waals surface area contributed by atoms with Crippen LogP contribution in [0.15, 0.2) is 36.4 Å². The molecule has 1 unspecified atom stereocenters. The van der Waals surface area contributed by atoms with Crippen molar-refractivity contribution in [2.75, 3.05) is 52.5 Å². The van der Waals surface area contributed by atoms with E-state index in [1.807, 2.05) is 16.8 Å². The molecule has 4 heterocycles. The van der Waals surface area contributed by atoms with Crippen LogP contribution in [0.25, 0.3) is 11.3 Å². The smallest absolute Gasteiger partial charge is 0.311 e. The number of hydrogen-bond acceptors (Lipinski definition) is 7. The van der Waals surface area contributed by atoms with Crippen LogP contribution in [0.4, 0.5) is 0 Å². The number of amides is 3. The summed E-state index contributed by atoms with van der Waals surface area (Å²) < 4.78 is 7.63. The highest BCUT2D eigenvalue weighted by Gasteiger charge is 2.30. The van der Waals surface area contributed by atoms with Crippen molar-refractivity contribution in [3.63, 3.8) is 0 Å². The summed E-state index contributed by atoms with van der Waals surface area (Å²) in [4.78, 5) is 41.3. The number of piperidine rings is 1. The number of benzene rings is 2. The SMILES string of the molecule is C[C@H]1COCCN1CCCn1nc(-c2ccc(Cl)c(C#Cc3ccc(Cl)c(C(=O)NCC4CCCNC4)c3)c2)c2c1CCN(C(=O)C(N)=O)C2. The van der Waals surface area contributed by atoms with Crippen LogP contribution in [0.3, 0.4) is 0 Å². The Hall–Kier alpha value is -3.92. The number of morpholine rings is 1. The lowest BCUT2D eigenvalue weighted by molar-refractivity contribution is -0.144. The maximum Gasteiger partial charge on any atom is 0.311 e. The zero-order chi connectivity index (χ0) is 35.2. The molecule has 13 heteroatoms. The predicted molar refractivity (Wildman–Crippen MR) is 193 cm³/mol. The number of fused-ring (bicyclic) bond motifs is 1. The van der Waals surface area contributed by atoms with Gasteiger partial charge in [0.1, 0.15) is 0 Å². The Bertz CT molecular complexity index is 1810. The Morgan fingerprint density at radius 1 is 1.10 bits per heavy atom. The van der Waals surface area contributed by atoms with E-state index in [2.05, 4.69) is 34.3 Å². The van der Waals surface area contributed by atoms with Gasteiger partial charge in [-0.3, -0.25) is 24.0 Å². The first-order valence-electron chi connectivity index (χ1n) is 17.3. The molecular formula is C37H43Cl2N7O4. The van der Waals surface area contributed by atoms with Gasteiger partial charge >= 0.3 is 11.8 Å². The minimum absolute atomic E-state index is 0.226. The van der Waals surface area contributed by atoms with Gasteiger partial charge < -0.3 is 26.0 Å². The molecular weight excluding hydrogens is 677 g/mol. The van der Waals surface area contributed by atoms with Crippen molar-refractivity contribution in [3.05, 3.63) is 74.4 Å². The lowest BCUT2D eigenvalue weighted by Crippen LogP contribution is -2.44. The molecule has 0 bridgehead atoms. The van der Waals surface area contributed by atoms with E-state index in [-0.39, 0.29) is 12.5 Å². The van der Waals surface area contributed by atoms with Crippen LogP contribution in [-0.4, -0.2) is 95.8 Å². The summed E-state index contributed by atoms with van der Waals surface area (Å²) in [6, 6.07) is 11.1. The fourth-order valence-electron chi connectivity index (χ4n) is 6.87. The summed E-state index contributed by atoms with van der Waals surface area (Å²) in [5.41, 5.74) is 10.4. The number of nitrogens with two attached hydrogens (primary N) is 1. The molecule has 264 valence electrons. The lowest BCUT2D eigenvalue weighted by Gasteiger charge is -2.33. The van der Waals surface area contributed by atoms with E-state index in [9.17, 15) is 14.4 Å². The van der Waals surface area contributed by atoms with Crippen molar-refractivity contribution in [1.82, 2.24) is 30.2 Å². The Labute approximate surface area is 302 Å². The van der Waals surface area contributed by atoms with Crippen LogP contribution in [0.5, 0.6) is 0 Å². The number of nitrogens with one attached hydrogen (secondary N) is 2. The summed E-state index contributed by atoms with van der Waals surface area (Å²) in [6.45, 7) is 9.30. The Morgan fingerprint density at radius 2 is 1.94 bits per heavy atom. The predicted octanol–water partition coefficient (Wildman–Crippen LogP) is 3.47. The number of aryl methyl sites for hydroxylation is 1. The van der Waals surface area contributed by atoms with E-state index in [0.29, 0.717) is 70.4 Å². The largest absolute Gasteiger partial charge is 0.379 e. The van der Waals surface area contributed by atoms with E-state index in [1.165, 1.54) is 4.90 Å². The first kappa shape index (κ1) is 35.9. The number of hydrogen-bond donors (Lipinski definition) is 3. The van der Waals surface area contributed by atoms with Crippen molar-refractivity contribution in [1.29, 1.82) is 0 Å². The lowest BCUT2D eigenvalue weighted by atomic mass is 9.99. The molecule has 0 radical (unpaired) electrons. The molecule has 2 fully saturated rings.